The summed E-state index contributed by atoms with van der Waals surface area (Å²) in [5, 5.41) is 4.14. The highest BCUT2D eigenvalue weighted by molar-refractivity contribution is 6.07. The van der Waals surface area contributed by atoms with Crippen molar-refractivity contribution in [1.29, 1.82) is 0 Å². The molecule has 0 bridgehead atoms. The first-order chi connectivity index (χ1) is 11.5. The minimum Gasteiger partial charge on any atom is -0.356 e. The maximum absolute atomic E-state index is 12.4. The summed E-state index contributed by atoms with van der Waals surface area (Å²) < 4.78 is 5.51. The second kappa shape index (κ2) is 5.03. The standard InChI is InChI=1S/C19H17N3O2/c1-19(2)14-5-4-13(10-16(14)22(3)18(19)23)17-11-15(21-24-17)12-6-8-20-9-7-12/h4-11H,1-3H3. The Hall–Kier alpha value is -2.95. The molecular formula is C19H17N3O2. The number of anilines is 1. The van der Waals surface area contributed by atoms with Gasteiger partial charge in [-0.25, -0.2) is 0 Å². The van der Waals surface area contributed by atoms with E-state index in [-0.39, 0.29) is 5.91 Å². The van der Waals surface area contributed by atoms with E-state index in [1.165, 1.54) is 0 Å². The van der Waals surface area contributed by atoms with Crippen molar-refractivity contribution in [3.63, 3.8) is 0 Å². The van der Waals surface area contributed by atoms with Crippen LogP contribution in [-0.2, 0) is 10.2 Å². The Morgan fingerprint density at radius 2 is 1.79 bits per heavy atom. The van der Waals surface area contributed by atoms with Gasteiger partial charge in [0.15, 0.2) is 5.76 Å². The van der Waals surface area contributed by atoms with Gasteiger partial charge in [-0.2, -0.15) is 0 Å². The molecule has 5 nitrogen and oxygen atoms in total. The second-order valence-electron chi connectivity index (χ2n) is 6.53. The normalized spacial score (nSPS) is 15.6. The van der Waals surface area contributed by atoms with Crippen molar-refractivity contribution in [2.45, 2.75) is 19.3 Å². The molecule has 1 aliphatic rings. The van der Waals surface area contributed by atoms with Crippen molar-refractivity contribution in [3.05, 3.63) is 54.4 Å². The van der Waals surface area contributed by atoms with Crippen LogP contribution in [0.15, 0.2) is 53.3 Å². The van der Waals surface area contributed by atoms with Crippen molar-refractivity contribution < 1.29 is 9.32 Å². The molecule has 2 aromatic heterocycles. The number of rotatable bonds is 2. The molecule has 1 amide bonds. The fourth-order valence-corrected chi connectivity index (χ4v) is 3.20. The zero-order valence-electron chi connectivity index (χ0n) is 13.8. The monoisotopic (exact) mass is 319 g/mol. The van der Waals surface area contributed by atoms with E-state index in [4.69, 9.17) is 4.52 Å². The number of pyridine rings is 1. The largest absolute Gasteiger partial charge is 0.356 e. The lowest BCUT2D eigenvalue weighted by molar-refractivity contribution is -0.121. The molecular weight excluding hydrogens is 302 g/mol. The molecule has 0 aliphatic carbocycles. The third-order valence-electron chi connectivity index (χ3n) is 4.64. The third kappa shape index (κ3) is 2.05. The highest BCUT2D eigenvalue weighted by Crippen LogP contribution is 2.42. The first kappa shape index (κ1) is 14.6. The molecule has 1 aliphatic heterocycles. The van der Waals surface area contributed by atoms with Gasteiger partial charge < -0.3 is 9.42 Å². The van der Waals surface area contributed by atoms with E-state index < -0.39 is 5.41 Å². The van der Waals surface area contributed by atoms with Gasteiger partial charge in [0.1, 0.15) is 5.69 Å². The van der Waals surface area contributed by atoms with Crippen LogP contribution in [-0.4, -0.2) is 23.1 Å². The van der Waals surface area contributed by atoms with Gasteiger partial charge in [-0.05, 0) is 37.6 Å². The first-order valence-electron chi connectivity index (χ1n) is 7.78. The Labute approximate surface area is 139 Å². The van der Waals surface area contributed by atoms with Crippen LogP contribution < -0.4 is 4.90 Å². The molecule has 0 N–H and O–H groups in total. The predicted octanol–water partition coefficient (Wildman–Crippen LogP) is 3.66. The summed E-state index contributed by atoms with van der Waals surface area (Å²) >= 11 is 0. The van der Waals surface area contributed by atoms with Crippen molar-refractivity contribution in [1.82, 2.24) is 10.1 Å². The Morgan fingerprint density at radius 1 is 1.04 bits per heavy atom. The average molecular weight is 319 g/mol. The maximum atomic E-state index is 12.4. The summed E-state index contributed by atoms with van der Waals surface area (Å²) in [4.78, 5) is 18.1. The van der Waals surface area contributed by atoms with Gasteiger partial charge in [0.25, 0.3) is 0 Å². The molecule has 4 rings (SSSR count). The van der Waals surface area contributed by atoms with Crippen molar-refractivity contribution in [2.24, 2.45) is 0 Å². The minimum atomic E-state index is -0.494. The summed E-state index contributed by atoms with van der Waals surface area (Å²) in [5.74, 6) is 0.778. The second-order valence-corrected chi connectivity index (χ2v) is 6.53. The summed E-state index contributed by atoms with van der Waals surface area (Å²) in [5.41, 5.74) is 4.08. The van der Waals surface area contributed by atoms with Crippen molar-refractivity contribution >= 4 is 11.6 Å². The third-order valence-corrected chi connectivity index (χ3v) is 4.64. The lowest BCUT2D eigenvalue weighted by Gasteiger charge is -2.16. The van der Waals surface area contributed by atoms with E-state index in [0.717, 1.165) is 28.1 Å². The molecule has 120 valence electrons. The zero-order valence-corrected chi connectivity index (χ0v) is 13.8. The Balaban J connectivity index is 1.75. The van der Waals surface area contributed by atoms with E-state index in [0.29, 0.717) is 5.76 Å². The smallest absolute Gasteiger partial charge is 0.236 e. The van der Waals surface area contributed by atoms with E-state index >= 15 is 0 Å². The van der Waals surface area contributed by atoms with Crippen LogP contribution in [0.3, 0.4) is 0 Å². The zero-order chi connectivity index (χ0) is 16.9. The molecule has 0 saturated heterocycles. The van der Waals surface area contributed by atoms with Crippen LogP contribution in [0.1, 0.15) is 19.4 Å². The predicted molar refractivity (Wildman–Crippen MR) is 91.6 cm³/mol. The number of carbonyl (C=O) groups is 1. The Kier molecular flexibility index (Phi) is 3.06. The number of nitrogens with zero attached hydrogens (tertiary/aromatic N) is 3. The molecule has 0 fully saturated rings. The fraction of sp³-hybridized carbons (Fsp3) is 0.211. The molecule has 3 heterocycles. The highest BCUT2D eigenvalue weighted by Gasteiger charge is 2.42. The summed E-state index contributed by atoms with van der Waals surface area (Å²) in [7, 11) is 1.81. The fourth-order valence-electron chi connectivity index (χ4n) is 3.20. The van der Waals surface area contributed by atoms with Crippen molar-refractivity contribution in [2.75, 3.05) is 11.9 Å². The van der Waals surface area contributed by atoms with Gasteiger partial charge in [-0.3, -0.25) is 9.78 Å². The lowest BCUT2D eigenvalue weighted by Crippen LogP contribution is -2.33. The molecule has 0 atom stereocenters. The quantitative estimate of drug-likeness (QED) is 0.723. The van der Waals surface area contributed by atoms with Crippen LogP contribution in [0.2, 0.25) is 0 Å². The van der Waals surface area contributed by atoms with E-state index in [9.17, 15) is 4.79 Å². The molecule has 5 heteroatoms. The molecule has 24 heavy (non-hydrogen) atoms. The molecule has 0 radical (unpaired) electrons. The number of carbonyl (C=O) groups excluding carboxylic acids is 1. The van der Waals surface area contributed by atoms with Crippen molar-refractivity contribution in [3.8, 4) is 22.6 Å². The number of benzene rings is 1. The minimum absolute atomic E-state index is 0.102. The number of hydrogen-bond acceptors (Lipinski definition) is 4. The molecule has 0 saturated carbocycles. The molecule has 0 unspecified atom stereocenters. The van der Waals surface area contributed by atoms with Gasteiger partial charge in [-0.15, -0.1) is 0 Å². The Morgan fingerprint density at radius 3 is 2.54 bits per heavy atom. The Bertz CT molecular complexity index is 929. The van der Waals surface area contributed by atoms with Crippen LogP contribution in [0.5, 0.6) is 0 Å². The number of fused-ring (bicyclic) bond motifs is 1. The van der Waals surface area contributed by atoms with Gasteiger partial charge in [0.05, 0.1) is 5.41 Å². The van der Waals surface area contributed by atoms with E-state index in [1.54, 1.807) is 17.3 Å². The average Bonchev–Trinajstić information content (AvgIpc) is 3.16. The number of likely N-dealkylation sites (N-methyl/N-ethyl adjacent to an activating group) is 1. The van der Waals surface area contributed by atoms with Gasteiger partial charge >= 0.3 is 0 Å². The highest BCUT2D eigenvalue weighted by atomic mass is 16.5. The number of hydrogen-bond donors (Lipinski definition) is 0. The van der Waals surface area contributed by atoms with Crippen LogP contribution in [0, 0.1) is 0 Å². The SMILES string of the molecule is CN1C(=O)C(C)(C)c2ccc(-c3cc(-c4ccncc4)no3)cc21. The summed E-state index contributed by atoms with van der Waals surface area (Å²) in [6, 6.07) is 11.6. The number of amides is 1. The maximum Gasteiger partial charge on any atom is 0.236 e. The summed E-state index contributed by atoms with van der Waals surface area (Å²) in [6.07, 6.45) is 3.45. The van der Waals surface area contributed by atoms with Crippen LogP contribution >= 0.6 is 0 Å². The summed E-state index contributed by atoms with van der Waals surface area (Å²) in [6.45, 7) is 3.90. The van der Waals surface area contributed by atoms with E-state index in [2.05, 4.69) is 10.1 Å². The van der Waals surface area contributed by atoms with E-state index in [1.807, 2.05) is 57.3 Å². The van der Waals surface area contributed by atoms with Gasteiger partial charge in [0, 0.05) is 42.3 Å². The topological polar surface area (TPSA) is 59.2 Å². The van der Waals surface area contributed by atoms with Crippen LogP contribution in [0.4, 0.5) is 5.69 Å². The first-order valence-corrected chi connectivity index (χ1v) is 7.78. The van der Waals surface area contributed by atoms with Crippen LogP contribution in [0.25, 0.3) is 22.6 Å². The lowest BCUT2D eigenvalue weighted by atomic mass is 9.86. The van der Waals surface area contributed by atoms with Gasteiger partial charge in [-0.1, -0.05) is 17.3 Å². The molecule has 3 aromatic rings. The number of aromatic nitrogens is 2. The molecule has 1 aromatic carbocycles. The van der Waals surface area contributed by atoms with Gasteiger partial charge in [0.2, 0.25) is 5.91 Å². The molecule has 0 spiro atoms.